The Balaban J connectivity index is 0.000000159. The molecule has 0 saturated heterocycles. The number of nitrogens with one attached hydrogen (secondary N) is 5. The number of nitrogen functional groups attached to an aromatic ring is 1. The van der Waals surface area contributed by atoms with Crippen molar-refractivity contribution < 1.29 is 32.6 Å². The first-order chi connectivity index (χ1) is 39.6. The van der Waals surface area contributed by atoms with Crippen molar-refractivity contribution in [3.8, 4) is 40.1 Å². The lowest BCUT2D eigenvalue weighted by molar-refractivity contribution is 0.215. The van der Waals surface area contributed by atoms with Crippen molar-refractivity contribution in [1.82, 2.24) is 48.6 Å². The number of aromatic nitrogens is 10. The number of H-pyrrole nitrogens is 2. The van der Waals surface area contributed by atoms with Crippen molar-refractivity contribution in [1.29, 1.82) is 0 Å². The van der Waals surface area contributed by atoms with E-state index in [0.29, 0.717) is 85.5 Å². The number of para-hydroxylation sites is 1. The fraction of sp³-hybridized carbons (Fsp3) is 0.167. The van der Waals surface area contributed by atoms with Crippen LogP contribution in [0.4, 0.5) is 41.4 Å². The molecule has 424 valence electrons. The Kier molecular flexibility index (Phi) is 16.3. The third-order valence-electron chi connectivity index (χ3n) is 12.5. The number of hydrogen-bond donors (Lipinski definition) is 6. The van der Waals surface area contributed by atoms with E-state index in [1.165, 1.54) is 33.4 Å². The molecule has 0 saturated carbocycles. The van der Waals surface area contributed by atoms with Crippen molar-refractivity contribution in [2.24, 2.45) is 14.1 Å². The molecule has 3 amide bonds. The van der Waals surface area contributed by atoms with Gasteiger partial charge < -0.3 is 25.3 Å². The standard InChI is InChI=1S/C27H26FN7O3.C20H20FN3O2.C13H12N4O2/c1-27(2,3)21-15-22(35(33-21)18-9-5-16(28)6-10-18)31-25(36)30-17-7-11-19(12-8-17)38-20-13-14-29-24-23(20)34(4)26(37)32-24;1-20(2,3)17-13-18(22-19(25)26-16-7-5-4-6-8-16)24(23-17)15-11-9-14(21)10-12-15;1-17-11-10(6-7-15-12(11)16-13(17)18)19-9-4-2-8(14)3-5-9/h5-15H,1-4H3,(H,29,32,37)(H2,30,31,36);4-13H,1-3H3,(H,22,25);2-7H,14H2,1H3,(H,15,16,18). The van der Waals surface area contributed by atoms with Crippen molar-refractivity contribution in [3.63, 3.8) is 0 Å². The van der Waals surface area contributed by atoms with Crippen molar-refractivity contribution in [3.05, 3.63) is 208 Å². The van der Waals surface area contributed by atoms with E-state index < -0.39 is 12.1 Å². The van der Waals surface area contributed by atoms with Crippen LogP contribution >= 0.6 is 0 Å². The zero-order valence-corrected chi connectivity index (χ0v) is 46.4. The minimum absolute atomic E-state index is 0.217. The van der Waals surface area contributed by atoms with Gasteiger partial charge in [-0.2, -0.15) is 10.2 Å². The molecule has 23 heteroatoms. The number of carbonyl (C=O) groups excluding carboxylic acids is 2. The van der Waals surface area contributed by atoms with Crippen LogP contribution in [0.2, 0.25) is 0 Å². The van der Waals surface area contributed by atoms with Gasteiger partial charge in [0.05, 0.1) is 22.8 Å². The van der Waals surface area contributed by atoms with Crippen molar-refractivity contribution in [2.45, 2.75) is 52.4 Å². The lowest BCUT2D eigenvalue weighted by Gasteiger charge is -2.14. The summed E-state index contributed by atoms with van der Waals surface area (Å²) in [4.78, 5) is 62.2. The fourth-order valence-electron chi connectivity index (χ4n) is 8.07. The average molecular weight is 1130 g/mol. The molecule has 11 aromatic rings. The zero-order chi connectivity index (χ0) is 59.2. The van der Waals surface area contributed by atoms with Crippen LogP contribution in [-0.2, 0) is 24.9 Å². The predicted octanol–water partition coefficient (Wildman–Crippen LogP) is 11.9. The summed E-state index contributed by atoms with van der Waals surface area (Å²) in [7, 11) is 3.30. The molecule has 0 atom stereocenters. The molecular weight excluding hydrogens is 1070 g/mol. The van der Waals surface area contributed by atoms with Gasteiger partial charge in [0.25, 0.3) is 0 Å². The summed E-state index contributed by atoms with van der Waals surface area (Å²) in [5.74, 6) is 2.83. The molecule has 0 spiro atoms. The normalized spacial score (nSPS) is 11.3. The molecule has 0 aliphatic carbocycles. The molecule has 0 radical (unpaired) electrons. The molecule has 0 fully saturated rings. The van der Waals surface area contributed by atoms with Gasteiger partial charge in [-0.15, -0.1) is 0 Å². The Morgan fingerprint density at radius 2 is 0.976 bits per heavy atom. The second-order valence-corrected chi connectivity index (χ2v) is 20.8. The molecule has 0 aliphatic rings. The van der Waals surface area contributed by atoms with Gasteiger partial charge in [-0.05, 0) is 109 Å². The molecule has 11 rings (SSSR count). The van der Waals surface area contributed by atoms with Gasteiger partial charge in [0, 0.05) is 73.0 Å². The quantitative estimate of drug-likeness (QED) is 0.0699. The SMILES string of the molecule is CC(C)(C)c1cc(NC(=O)Oc2ccccc2)n(-c2ccc(F)cc2)n1.Cn1c(=O)[nH]c2nccc(Oc3ccc(N)cc3)c21.Cn1c(=O)[nH]c2nccc(Oc3ccc(NC(=O)Nc4cc(C(C)(C)C)nn4-c4ccc(F)cc4)cc3)c21. The van der Waals surface area contributed by atoms with Crippen LogP contribution in [0, 0.1) is 11.6 Å². The number of anilines is 4. The van der Waals surface area contributed by atoms with Gasteiger partial charge in [0.15, 0.2) is 22.8 Å². The molecule has 7 N–H and O–H groups in total. The van der Waals surface area contributed by atoms with E-state index in [1.807, 2.05) is 47.6 Å². The number of carbonyl (C=O) groups is 2. The molecule has 6 aromatic heterocycles. The minimum atomic E-state index is -0.625. The number of imidazole rings is 2. The summed E-state index contributed by atoms with van der Waals surface area (Å²) in [6.07, 6.45) is 2.51. The summed E-state index contributed by atoms with van der Waals surface area (Å²) in [5, 5.41) is 17.5. The van der Waals surface area contributed by atoms with Crippen molar-refractivity contribution in [2.75, 3.05) is 21.7 Å². The third-order valence-corrected chi connectivity index (χ3v) is 12.5. The number of pyridine rings is 2. The van der Waals surface area contributed by atoms with E-state index in [4.69, 9.17) is 19.9 Å². The first kappa shape index (κ1) is 56.9. The van der Waals surface area contributed by atoms with Gasteiger partial charge in [0.1, 0.15) is 51.6 Å². The Morgan fingerprint density at radius 1 is 0.542 bits per heavy atom. The lowest BCUT2D eigenvalue weighted by Crippen LogP contribution is -2.21. The average Bonchev–Trinajstić information content (AvgIpc) is 4.45. The third kappa shape index (κ3) is 13.8. The number of ether oxygens (including phenoxy) is 3. The van der Waals surface area contributed by atoms with E-state index in [9.17, 15) is 28.0 Å². The van der Waals surface area contributed by atoms with E-state index in [-0.39, 0.29) is 33.8 Å². The maximum absolute atomic E-state index is 13.5. The van der Waals surface area contributed by atoms with E-state index in [1.54, 1.807) is 157 Å². The summed E-state index contributed by atoms with van der Waals surface area (Å²) in [6, 6.07) is 40.9. The van der Waals surface area contributed by atoms with Crippen LogP contribution in [0.1, 0.15) is 52.9 Å². The fourth-order valence-corrected chi connectivity index (χ4v) is 8.07. The van der Waals surface area contributed by atoms with Crippen LogP contribution in [0.25, 0.3) is 33.7 Å². The highest BCUT2D eigenvalue weighted by atomic mass is 19.1. The highest BCUT2D eigenvalue weighted by molar-refractivity contribution is 5.99. The molecule has 6 heterocycles. The number of nitrogens with zero attached hydrogens (tertiary/aromatic N) is 8. The van der Waals surface area contributed by atoms with Crippen LogP contribution in [0.5, 0.6) is 28.7 Å². The Labute approximate surface area is 473 Å². The van der Waals surface area contributed by atoms with Crippen LogP contribution in [0.15, 0.2) is 174 Å². The minimum Gasteiger partial charge on any atom is -0.455 e. The van der Waals surface area contributed by atoms with Gasteiger partial charge in [-0.3, -0.25) is 29.7 Å². The lowest BCUT2D eigenvalue weighted by atomic mass is 9.92. The Hall–Kier alpha value is -10.8. The van der Waals surface area contributed by atoms with E-state index in [0.717, 1.165) is 11.4 Å². The highest BCUT2D eigenvalue weighted by Gasteiger charge is 2.24. The van der Waals surface area contributed by atoms with Gasteiger partial charge in [-0.1, -0.05) is 59.7 Å². The van der Waals surface area contributed by atoms with Crippen molar-refractivity contribution >= 4 is 57.5 Å². The Morgan fingerprint density at radius 3 is 1.42 bits per heavy atom. The van der Waals surface area contributed by atoms with Crippen LogP contribution < -0.4 is 47.3 Å². The molecular formula is C60H58F2N14O7. The predicted molar refractivity (Wildman–Crippen MR) is 313 cm³/mol. The number of amides is 3. The number of urea groups is 1. The number of hydrogen-bond acceptors (Lipinski definition) is 12. The van der Waals surface area contributed by atoms with Crippen LogP contribution in [-0.4, -0.2) is 60.8 Å². The first-order valence-corrected chi connectivity index (χ1v) is 25.8. The number of fused-ring (bicyclic) bond motifs is 2. The molecule has 0 bridgehead atoms. The maximum Gasteiger partial charge on any atom is 0.418 e. The largest absolute Gasteiger partial charge is 0.455 e. The Bertz CT molecular complexity index is 4190. The molecule has 5 aromatic carbocycles. The second kappa shape index (κ2) is 23.9. The molecule has 0 aliphatic heterocycles. The zero-order valence-electron chi connectivity index (χ0n) is 46.4. The summed E-state index contributed by atoms with van der Waals surface area (Å²) >= 11 is 0. The van der Waals surface area contributed by atoms with Gasteiger partial charge in [-0.25, -0.2) is 47.3 Å². The number of benzene rings is 5. The van der Waals surface area contributed by atoms with E-state index in [2.05, 4.69) is 46.1 Å². The molecule has 83 heavy (non-hydrogen) atoms. The number of halogens is 2. The van der Waals surface area contributed by atoms with E-state index >= 15 is 0 Å². The smallest absolute Gasteiger partial charge is 0.418 e. The molecule has 21 nitrogen and oxygen atoms in total. The highest BCUT2D eigenvalue weighted by Crippen LogP contribution is 2.32. The number of rotatable bonds is 10. The number of nitrogens with two attached hydrogens (primary N) is 1. The van der Waals surface area contributed by atoms with Gasteiger partial charge in [0.2, 0.25) is 0 Å². The summed E-state index contributed by atoms with van der Waals surface area (Å²) in [6.45, 7) is 12.1. The summed E-state index contributed by atoms with van der Waals surface area (Å²) < 4.78 is 49.7. The number of aryl methyl sites for hydroxylation is 2. The topological polar surface area (TPSA) is 261 Å². The number of aromatic amines is 2. The summed E-state index contributed by atoms with van der Waals surface area (Å²) in [5.41, 5.74) is 10.7. The van der Waals surface area contributed by atoms with Crippen LogP contribution in [0.3, 0.4) is 0 Å². The maximum atomic E-state index is 13.5. The first-order valence-electron chi connectivity index (χ1n) is 25.8. The molecule has 0 unspecified atom stereocenters. The monoisotopic (exact) mass is 1120 g/mol. The second-order valence-electron chi connectivity index (χ2n) is 20.8. The van der Waals surface area contributed by atoms with Gasteiger partial charge >= 0.3 is 23.5 Å².